The summed E-state index contributed by atoms with van der Waals surface area (Å²) in [5.74, 6) is 0.777. The minimum Gasteiger partial charge on any atom is -0.391 e. The molecule has 0 aliphatic carbocycles. The molecule has 19 heavy (non-hydrogen) atoms. The normalized spacial score (nSPS) is 19.9. The van der Waals surface area contributed by atoms with Crippen molar-refractivity contribution < 1.29 is 5.11 Å². The van der Waals surface area contributed by atoms with E-state index < -0.39 is 0 Å². The summed E-state index contributed by atoms with van der Waals surface area (Å²) >= 11 is 0. The van der Waals surface area contributed by atoms with E-state index in [0.717, 1.165) is 42.1 Å². The number of aliphatic hydroxyl groups excluding tert-OH is 1. The summed E-state index contributed by atoms with van der Waals surface area (Å²) in [7, 11) is 0. The maximum Gasteiger partial charge on any atom is 0.183 e. The third kappa shape index (κ3) is 2.23. The van der Waals surface area contributed by atoms with Crippen LogP contribution in [0.15, 0.2) is 6.33 Å². The van der Waals surface area contributed by atoms with E-state index in [2.05, 4.69) is 24.8 Å². The van der Waals surface area contributed by atoms with Crippen molar-refractivity contribution >= 4 is 17.0 Å². The quantitative estimate of drug-likeness (QED) is 0.823. The molecule has 1 aliphatic heterocycles. The van der Waals surface area contributed by atoms with Crippen LogP contribution in [0.4, 0.5) is 5.82 Å². The Morgan fingerprint density at radius 3 is 2.79 bits per heavy atom. The molecule has 100 valence electrons. The van der Waals surface area contributed by atoms with Gasteiger partial charge in [-0.3, -0.25) is 0 Å². The molecule has 1 aliphatic rings. The number of hydrogen-bond acceptors (Lipinski definition) is 6. The van der Waals surface area contributed by atoms with Crippen LogP contribution in [-0.2, 0) is 0 Å². The summed E-state index contributed by atoms with van der Waals surface area (Å²) < 4.78 is 0. The highest BCUT2D eigenvalue weighted by Gasteiger charge is 2.21. The number of fused-ring (bicyclic) bond motifs is 1. The van der Waals surface area contributed by atoms with Crippen molar-refractivity contribution in [3.8, 4) is 0 Å². The minimum absolute atomic E-state index is 0.293. The zero-order valence-electron chi connectivity index (χ0n) is 11.2. The Morgan fingerprint density at radius 1 is 1.21 bits per heavy atom. The molecule has 0 radical (unpaired) electrons. The Balaban J connectivity index is 2.10. The van der Waals surface area contributed by atoms with Gasteiger partial charge in [-0.05, 0) is 26.7 Å². The number of aliphatic hydroxyl groups is 1. The van der Waals surface area contributed by atoms with Crippen LogP contribution in [-0.4, -0.2) is 44.2 Å². The number of aromatic nitrogens is 4. The molecule has 6 heteroatoms. The van der Waals surface area contributed by atoms with Crippen LogP contribution in [0.2, 0.25) is 0 Å². The van der Waals surface area contributed by atoms with Crippen molar-refractivity contribution in [3.05, 3.63) is 17.7 Å². The lowest BCUT2D eigenvalue weighted by Crippen LogP contribution is -2.39. The zero-order valence-corrected chi connectivity index (χ0v) is 11.2. The van der Waals surface area contributed by atoms with Crippen molar-refractivity contribution in [1.82, 2.24) is 19.9 Å². The van der Waals surface area contributed by atoms with Crippen LogP contribution in [0, 0.1) is 13.8 Å². The molecule has 0 aromatic carbocycles. The smallest absolute Gasteiger partial charge is 0.183 e. The summed E-state index contributed by atoms with van der Waals surface area (Å²) in [4.78, 5) is 19.6. The number of aryl methyl sites for hydroxylation is 2. The molecule has 2 aromatic rings. The lowest BCUT2D eigenvalue weighted by molar-refractivity contribution is 0.154. The first kappa shape index (κ1) is 12.2. The van der Waals surface area contributed by atoms with Crippen molar-refractivity contribution in [2.24, 2.45) is 0 Å². The zero-order chi connectivity index (χ0) is 13.4. The molecule has 0 saturated carbocycles. The van der Waals surface area contributed by atoms with Crippen LogP contribution < -0.4 is 4.90 Å². The number of β-amino-alcohol motifs (C(OH)–C–C–N with tert-alkyl or cyclic N) is 1. The van der Waals surface area contributed by atoms with Gasteiger partial charge >= 0.3 is 0 Å². The number of anilines is 1. The minimum atomic E-state index is -0.293. The third-order valence-corrected chi connectivity index (χ3v) is 3.56. The maximum atomic E-state index is 9.79. The molecule has 0 spiro atoms. The molecule has 3 heterocycles. The number of piperidine rings is 1. The average Bonchev–Trinajstić information content (AvgIpc) is 2.39. The number of hydrogen-bond donors (Lipinski definition) is 1. The molecular formula is C13H17N5O. The van der Waals surface area contributed by atoms with E-state index in [9.17, 15) is 5.11 Å². The summed E-state index contributed by atoms with van der Waals surface area (Å²) in [6.07, 6.45) is 3.04. The molecule has 1 atom stereocenters. The first-order valence-electron chi connectivity index (χ1n) is 6.54. The highest BCUT2D eigenvalue weighted by Crippen LogP contribution is 2.24. The van der Waals surface area contributed by atoms with Gasteiger partial charge in [0, 0.05) is 13.1 Å². The summed E-state index contributed by atoms with van der Waals surface area (Å²) in [5.41, 5.74) is 3.12. The van der Waals surface area contributed by atoms with Crippen molar-refractivity contribution in [1.29, 1.82) is 0 Å². The molecule has 1 unspecified atom stereocenters. The Hall–Kier alpha value is -1.82. The van der Waals surface area contributed by atoms with Crippen molar-refractivity contribution in [2.45, 2.75) is 32.8 Å². The second kappa shape index (κ2) is 4.70. The van der Waals surface area contributed by atoms with E-state index in [-0.39, 0.29) is 6.10 Å². The van der Waals surface area contributed by atoms with Gasteiger partial charge in [-0.15, -0.1) is 0 Å². The summed E-state index contributed by atoms with van der Waals surface area (Å²) in [5, 5.41) is 9.79. The fourth-order valence-corrected chi connectivity index (χ4v) is 2.41. The van der Waals surface area contributed by atoms with E-state index in [4.69, 9.17) is 0 Å². The van der Waals surface area contributed by atoms with Gasteiger partial charge in [-0.25, -0.2) is 19.9 Å². The van der Waals surface area contributed by atoms with E-state index in [0.29, 0.717) is 12.2 Å². The molecule has 1 saturated heterocycles. The molecule has 0 amide bonds. The SMILES string of the molecule is Cc1nc2ncnc(N3CCCC(O)C3)c2nc1C. The lowest BCUT2D eigenvalue weighted by atomic mass is 10.1. The van der Waals surface area contributed by atoms with Crippen LogP contribution in [0.5, 0.6) is 0 Å². The monoisotopic (exact) mass is 259 g/mol. The number of rotatable bonds is 1. The first-order chi connectivity index (χ1) is 9.15. The summed E-state index contributed by atoms with van der Waals surface area (Å²) in [6.45, 7) is 5.34. The third-order valence-electron chi connectivity index (χ3n) is 3.56. The average molecular weight is 259 g/mol. The molecule has 3 rings (SSSR count). The summed E-state index contributed by atoms with van der Waals surface area (Å²) in [6, 6.07) is 0. The second-order valence-electron chi connectivity index (χ2n) is 5.01. The van der Waals surface area contributed by atoms with E-state index in [1.54, 1.807) is 0 Å². The fraction of sp³-hybridized carbons (Fsp3) is 0.538. The Bertz CT molecular complexity index is 615. The van der Waals surface area contributed by atoms with Crippen molar-refractivity contribution in [2.75, 3.05) is 18.0 Å². The lowest BCUT2D eigenvalue weighted by Gasteiger charge is -2.31. The fourth-order valence-electron chi connectivity index (χ4n) is 2.41. The first-order valence-corrected chi connectivity index (χ1v) is 6.54. The standard InChI is InChI=1S/C13H17N5O/c1-8-9(2)17-12-11(16-8)13(15-7-14-12)18-5-3-4-10(19)6-18/h7,10,19H,3-6H2,1-2H3. The molecule has 1 fully saturated rings. The second-order valence-corrected chi connectivity index (χ2v) is 5.01. The highest BCUT2D eigenvalue weighted by atomic mass is 16.3. The van der Waals surface area contributed by atoms with Gasteiger partial charge in [-0.1, -0.05) is 0 Å². The van der Waals surface area contributed by atoms with E-state index in [1.807, 2.05) is 13.8 Å². The van der Waals surface area contributed by atoms with Gasteiger partial charge in [0.2, 0.25) is 0 Å². The maximum absolute atomic E-state index is 9.79. The predicted molar refractivity (Wildman–Crippen MR) is 72.1 cm³/mol. The Kier molecular flexibility index (Phi) is 3.02. The van der Waals surface area contributed by atoms with Gasteiger partial charge in [0.1, 0.15) is 6.33 Å². The van der Waals surface area contributed by atoms with Gasteiger partial charge in [0.25, 0.3) is 0 Å². The molecule has 0 bridgehead atoms. The van der Waals surface area contributed by atoms with Gasteiger partial charge in [-0.2, -0.15) is 0 Å². The van der Waals surface area contributed by atoms with Gasteiger partial charge in [0.05, 0.1) is 17.5 Å². The number of nitrogens with zero attached hydrogens (tertiary/aromatic N) is 5. The molecule has 2 aromatic heterocycles. The van der Waals surface area contributed by atoms with Crippen LogP contribution >= 0.6 is 0 Å². The topological polar surface area (TPSA) is 75.0 Å². The Labute approximate surface area is 111 Å². The van der Waals surface area contributed by atoms with E-state index in [1.165, 1.54) is 6.33 Å². The predicted octanol–water partition coefficient (Wildman–Crippen LogP) is 0.998. The van der Waals surface area contributed by atoms with Crippen LogP contribution in [0.1, 0.15) is 24.2 Å². The van der Waals surface area contributed by atoms with Crippen molar-refractivity contribution in [3.63, 3.8) is 0 Å². The van der Waals surface area contributed by atoms with Crippen LogP contribution in [0.3, 0.4) is 0 Å². The highest BCUT2D eigenvalue weighted by molar-refractivity contribution is 5.82. The van der Waals surface area contributed by atoms with Gasteiger partial charge < -0.3 is 10.0 Å². The van der Waals surface area contributed by atoms with Crippen LogP contribution in [0.25, 0.3) is 11.2 Å². The van der Waals surface area contributed by atoms with Gasteiger partial charge in [0.15, 0.2) is 17.0 Å². The Morgan fingerprint density at radius 2 is 2.00 bits per heavy atom. The van der Waals surface area contributed by atoms with E-state index >= 15 is 0 Å². The largest absolute Gasteiger partial charge is 0.391 e. The molecule has 6 nitrogen and oxygen atoms in total. The molecular weight excluding hydrogens is 242 g/mol. The molecule has 1 N–H and O–H groups in total.